The lowest BCUT2D eigenvalue weighted by molar-refractivity contribution is 1.45. The quantitative estimate of drug-likeness (QED) is 0.689. The Morgan fingerprint density at radius 3 is 2.19 bits per heavy atom. The van der Waals surface area contributed by atoms with Crippen molar-refractivity contribution in [3.63, 3.8) is 0 Å². The van der Waals surface area contributed by atoms with Crippen molar-refractivity contribution in [1.29, 1.82) is 5.26 Å². The van der Waals surface area contributed by atoms with E-state index in [-0.39, 0.29) is 30.6 Å². The number of hydrogen-bond acceptors (Lipinski definition) is 3. The van der Waals surface area contributed by atoms with Crippen LogP contribution in [0.3, 0.4) is 0 Å². The molecule has 0 saturated heterocycles. The minimum atomic E-state index is -0.486. The lowest BCUT2D eigenvalue weighted by Gasteiger charge is -1.83. The fraction of sp³-hybridized carbons (Fsp3) is 0. The zero-order chi connectivity index (χ0) is 12.0. The van der Waals surface area contributed by atoms with Crippen LogP contribution in [0.25, 0.3) is 4.85 Å². The van der Waals surface area contributed by atoms with Gasteiger partial charge < -0.3 is 0 Å². The van der Waals surface area contributed by atoms with Gasteiger partial charge in [-0.3, -0.25) is 9.59 Å². The number of nitrogens with zero attached hydrogens (tertiary/aromatic N) is 2. The molecule has 0 unspecified atom stereocenters. The summed E-state index contributed by atoms with van der Waals surface area (Å²) in [5.41, 5.74) is -0.992. The molecule has 76 valence electrons. The molecular formula is C10Br2N2O2. The maximum absolute atomic E-state index is 11.8. The summed E-state index contributed by atoms with van der Waals surface area (Å²) >= 11 is 5.93. The van der Waals surface area contributed by atoms with Crippen molar-refractivity contribution in [2.45, 2.75) is 0 Å². The van der Waals surface area contributed by atoms with Crippen LogP contribution in [0.4, 0.5) is 5.69 Å². The highest BCUT2D eigenvalue weighted by molar-refractivity contribution is 9.11. The predicted octanol–water partition coefficient (Wildman–Crippen LogP) is 1.95. The van der Waals surface area contributed by atoms with Gasteiger partial charge in [-0.2, -0.15) is 5.26 Å². The van der Waals surface area contributed by atoms with Crippen LogP contribution in [-0.4, -0.2) is 0 Å². The summed E-state index contributed by atoms with van der Waals surface area (Å²) in [4.78, 5) is 26.6. The molecule has 0 radical (unpaired) electrons. The lowest BCUT2D eigenvalue weighted by Crippen LogP contribution is -1.98. The van der Waals surface area contributed by atoms with Gasteiger partial charge in [0, 0.05) is 10.4 Å². The van der Waals surface area contributed by atoms with Crippen molar-refractivity contribution >= 4 is 37.5 Å². The van der Waals surface area contributed by atoms with Gasteiger partial charge in [-0.15, -0.1) is 0 Å². The summed E-state index contributed by atoms with van der Waals surface area (Å²) in [7, 11) is 0. The smallest absolute Gasteiger partial charge is 0.216 e. The van der Waals surface area contributed by atoms with E-state index in [0.29, 0.717) is 0 Å². The molecule has 0 aromatic heterocycles. The maximum atomic E-state index is 11.8. The van der Waals surface area contributed by atoms with Gasteiger partial charge in [0.25, 0.3) is 0 Å². The van der Waals surface area contributed by atoms with E-state index in [1.165, 1.54) is 0 Å². The molecule has 4 nitrogen and oxygen atoms in total. The van der Waals surface area contributed by atoms with Crippen molar-refractivity contribution in [2.75, 3.05) is 0 Å². The molecule has 0 bridgehead atoms. The van der Waals surface area contributed by atoms with E-state index >= 15 is 0 Å². The standard InChI is InChI=1S/C10Br2N2O2/c1-14-8-5-4(9(15)7(8)12)3(2-13)6(11)10(5)16. The minimum absolute atomic E-state index is 0.000556. The van der Waals surface area contributed by atoms with Crippen molar-refractivity contribution < 1.29 is 0 Å². The fourth-order valence-corrected chi connectivity index (χ4v) is 2.53. The Morgan fingerprint density at radius 1 is 1.12 bits per heavy atom. The molecule has 0 heterocycles. The molecule has 6 heteroatoms. The molecule has 0 aromatic carbocycles. The van der Waals surface area contributed by atoms with Gasteiger partial charge in [-0.1, -0.05) is 15.9 Å². The predicted molar refractivity (Wildman–Crippen MR) is 63.0 cm³/mol. The Balaban J connectivity index is 3.36. The first-order valence-electron chi connectivity index (χ1n) is 3.96. The SMILES string of the molecule is [C-]#[N+]c1c(Br)c(=O)c2c(C#N)c(Br)c(=O)c1=2. The summed E-state index contributed by atoms with van der Waals surface area (Å²) in [5, 5.41) is 8.93. The van der Waals surface area contributed by atoms with Gasteiger partial charge in [-0.05, 0) is 15.9 Å². The van der Waals surface area contributed by atoms with Crippen molar-refractivity contribution in [3.8, 4) is 6.07 Å². The number of nitriles is 1. The van der Waals surface area contributed by atoms with E-state index in [2.05, 4.69) is 36.7 Å². The molecule has 2 aliphatic rings. The average molecular weight is 340 g/mol. The first-order chi connectivity index (χ1) is 7.54. The molecule has 0 atom stereocenters. The van der Waals surface area contributed by atoms with E-state index in [4.69, 9.17) is 11.8 Å². The average Bonchev–Trinajstić information content (AvgIpc) is 2.66. The van der Waals surface area contributed by atoms with Gasteiger partial charge in [0.2, 0.25) is 5.69 Å². The van der Waals surface area contributed by atoms with Crippen LogP contribution < -0.4 is 10.9 Å². The van der Waals surface area contributed by atoms with Crippen LogP contribution in [0.1, 0.15) is 5.56 Å². The lowest BCUT2D eigenvalue weighted by atomic mass is 10.3. The van der Waals surface area contributed by atoms with Gasteiger partial charge in [0.1, 0.15) is 6.07 Å². The van der Waals surface area contributed by atoms with Crippen LogP contribution in [0.15, 0.2) is 18.5 Å². The largest absolute Gasteiger partial charge is 0.289 e. The highest BCUT2D eigenvalue weighted by Crippen LogP contribution is 2.28. The summed E-state index contributed by atoms with van der Waals surface area (Å²) in [6.07, 6.45) is 0. The molecule has 0 spiro atoms. The second-order valence-corrected chi connectivity index (χ2v) is 4.57. The van der Waals surface area contributed by atoms with Gasteiger partial charge in [-0.25, -0.2) is 4.85 Å². The summed E-state index contributed by atoms with van der Waals surface area (Å²) < 4.78 is 0.100. The molecule has 0 aliphatic heterocycles. The third-order valence-corrected chi connectivity index (χ3v) is 3.73. The van der Waals surface area contributed by atoms with E-state index in [1.54, 1.807) is 6.07 Å². The Bertz CT molecular complexity index is 761. The molecule has 2 rings (SSSR count). The molecule has 0 saturated carbocycles. The van der Waals surface area contributed by atoms with Crippen LogP contribution in [0.5, 0.6) is 0 Å². The van der Waals surface area contributed by atoms with Crippen LogP contribution in [-0.2, 0) is 0 Å². The minimum Gasteiger partial charge on any atom is -0.289 e. The summed E-state index contributed by atoms with van der Waals surface area (Å²) in [5.74, 6) is 0. The Hall–Kier alpha value is -1.50. The van der Waals surface area contributed by atoms with E-state index < -0.39 is 10.9 Å². The molecular weight excluding hydrogens is 340 g/mol. The third-order valence-electron chi connectivity index (χ3n) is 2.24. The molecule has 0 amide bonds. The Labute approximate surface area is 106 Å². The zero-order valence-electron chi connectivity index (χ0n) is 7.47. The molecule has 0 fully saturated rings. The second kappa shape index (κ2) is 3.51. The third kappa shape index (κ3) is 1.12. The zero-order valence-corrected chi connectivity index (χ0v) is 10.6. The molecule has 0 N–H and O–H groups in total. The monoisotopic (exact) mass is 338 g/mol. The highest BCUT2D eigenvalue weighted by Gasteiger charge is 2.22. The van der Waals surface area contributed by atoms with E-state index in [0.717, 1.165) is 0 Å². The van der Waals surface area contributed by atoms with E-state index in [9.17, 15) is 9.59 Å². The Kier molecular flexibility index (Phi) is 2.42. The topological polar surface area (TPSA) is 62.3 Å². The van der Waals surface area contributed by atoms with Crippen LogP contribution >= 0.6 is 31.9 Å². The second-order valence-electron chi connectivity index (χ2n) is 2.98. The maximum Gasteiger partial charge on any atom is 0.216 e. The number of halogens is 2. The van der Waals surface area contributed by atoms with Crippen molar-refractivity contribution in [3.05, 3.63) is 56.8 Å². The van der Waals surface area contributed by atoms with Gasteiger partial charge in [0.15, 0.2) is 10.9 Å². The number of hydrogen-bond donors (Lipinski definition) is 0. The highest BCUT2D eigenvalue weighted by atomic mass is 79.9. The normalized spacial score (nSPS) is 10.2. The van der Waals surface area contributed by atoms with E-state index in [1.807, 2.05) is 0 Å². The van der Waals surface area contributed by atoms with Crippen molar-refractivity contribution in [1.82, 2.24) is 0 Å². The first-order valence-corrected chi connectivity index (χ1v) is 5.54. The fourth-order valence-electron chi connectivity index (χ4n) is 1.56. The number of rotatable bonds is 0. The van der Waals surface area contributed by atoms with Crippen LogP contribution in [0.2, 0.25) is 0 Å². The molecule has 2 aliphatic carbocycles. The Morgan fingerprint density at radius 2 is 1.69 bits per heavy atom. The summed E-state index contributed by atoms with van der Waals surface area (Å²) in [6.45, 7) is 6.93. The van der Waals surface area contributed by atoms with Crippen LogP contribution in [0, 0.1) is 28.3 Å². The molecule has 0 aromatic rings. The van der Waals surface area contributed by atoms with Gasteiger partial charge in [0.05, 0.1) is 21.1 Å². The summed E-state index contributed by atoms with van der Waals surface area (Å²) in [6, 6.07) is 1.79. The van der Waals surface area contributed by atoms with Crippen molar-refractivity contribution in [2.24, 2.45) is 0 Å². The molecule has 16 heavy (non-hydrogen) atoms. The van der Waals surface area contributed by atoms with Gasteiger partial charge >= 0.3 is 0 Å². The first kappa shape index (κ1) is 11.0.